The number of carboxylic acids is 1. The minimum absolute atomic E-state index is 0.131. The van der Waals surface area contributed by atoms with E-state index in [1.807, 2.05) is 48.5 Å². The van der Waals surface area contributed by atoms with Crippen LogP contribution in [-0.2, 0) is 9.53 Å². The van der Waals surface area contributed by atoms with E-state index in [0.717, 1.165) is 22.3 Å². The third-order valence-electron chi connectivity index (χ3n) is 5.04. The Bertz CT molecular complexity index is 885. The molecule has 0 heterocycles. The van der Waals surface area contributed by atoms with Crippen LogP contribution in [0.2, 0.25) is 0 Å². The molecule has 0 spiro atoms. The molecule has 1 aliphatic rings. The molecule has 8 heteroatoms. The average Bonchev–Trinajstić information content (AvgIpc) is 3.04. The lowest BCUT2D eigenvalue weighted by Crippen LogP contribution is -2.47. The van der Waals surface area contributed by atoms with Crippen molar-refractivity contribution in [2.75, 3.05) is 13.7 Å². The summed E-state index contributed by atoms with van der Waals surface area (Å²) in [6.07, 6.45) is -0.258. The molecule has 0 unspecified atom stereocenters. The Morgan fingerprint density at radius 1 is 1.10 bits per heavy atom. The highest BCUT2D eigenvalue weighted by atomic mass is 16.5. The van der Waals surface area contributed by atoms with Crippen molar-refractivity contribution in [1.82, 2.24) is 10.2 Å². The summed E-state index contributed by atoms with van der Waals surface area (Å²) in [5.74, 6) is -1.14. The lowest BCUT2D eigenvalue weighted by Gasteiger charge is -2.34. The van der Waals surface area contributed by atoms with Crippen molar-refractivity contribution < 1.29 is 24.2 Å². The quantitative estimate of drug-likeness (QED) is 0.620. The molecule has 4 N–H and O–H groups in total. The van der Waals surface area contributed by atoms with Crippen molar-refractivity contribution in [3.05, 3.63) is 59.7 Å². The first kappa shape index (κ1) is 20.2. The molecule has 29 heavy (non-hydrogen) atoms. The van der Waals surface area contributed by atoms with Gasteiger partial charge in [0.1, 0.15) is 6.04 Å². The second-order valence-electron chi connectivity index (χ2n) is 6.74. The number of fused-ring (bicyclic) bond motifs is 3. The summed E-state index contributed by atoms with van der Waals surface area (Å²) < 4.78 is 4.96. The fourth-order valence-corrected chi connectivity index (χ4v) is 3.84. The fraction of sp³-hybridized carbons (Fsp3) is 0.286. The van der Waals surface area contributed by atoms with Gasteiger partial charge in [-0.15, -0.1) is 0 Å². The third kappa shape index (κ3) is 4.01. The van der Waals surface area contributed by atoms with Gasteiger partial charge in [-0.05, 0) is 35.1 Å². The number of aliphatic carboxylic acids is 1. The Hall–Kier alpha value is -3.55. The highest BCUT2D eigenvalue weighted by molar-refractivity contribution is 5.85. The number of primary amides is 1. The van der Waals surface area contributed by atoms with E-state index in [-0.39, 0.29) is 13.0 Å². The van der Waals surface area contributed by atoms with Gasteiger partial charge < -0.3 is 20.9 Å². The number of ether oxygens (including phenoxy) is 1. The zero-order valence-electron chi connectivity index (χ0n) is 16.0. The summed E-state index contributed by atoms with van der Waals surface area (Å²) in [6, 6.07) is 12.8. The molecule has 1 atom stereocenters. The number of hydrogen-bond donors (Lipinski definition) is 3. The van der Waals surface area contributed by atoms with E-state index < -0.39 is 30.2 Å². The van der Waals surface area contributed by atoms with Crippen molar-refractivity contribution in [1.29, 1.82) is 0 Å². The molecule has 0 aliphatic heterocycles. The number of benzene rings is 2. The van der Waals surface area contributed by atoms with Crippen molar-refractivity contribution >= 4 is 18.1 Å². The van der Waals surface area contributed by atoms with Crippen molar-refractivity contribution in [2.24, 2.45) is 5.73 Å². The molecular weight excluding hydrogens is 374 g/mol. The van der Waals surface area contributed by atoms with E-state index in [2.05, 4.69) is 5.32 Å². The first-order chi connectivity index (χ1) is 14.0. The number of carboxylic acid groups (broad SMARTS) is 1. The number of rotatable bonds is 7. The Morgan fingerprint density at radius 2 is 1.66 bits per heavy atom. The van der Waals surface area contributed by atoms with Crippen LogP contribution in [0.1, 0.15) is 30.0 Å². The maximum absolute atomic E-state index is 12.8. The Labute approximate surface area is 168 Å². The van der Waals surface area contributed by atoms with Crippen LogP contribution < -0.4 is 11.1 Å². The van der Waals surface area contributed by atoms with Gasteiger partial charge in [-0.2, -0.15) is 0 Å². The van der Waals surface area contributed by atoms with Crippen molar-refractivity contribution in [3.63, 3.8) is 0 Å². The molecule has 1 aliphatic carbocycles. The highest BCUT2D eigenvalue weighted by Gasteiger charge is 2.41. The SMILES string of the molecule is COC(=O)N(C1c2ccccc2-c2ccccc21)[C@@H](CCCNC(N)=O)C(=O)O. The first-order valence-corrected chi connectivity index (χ1v) is 9.26. The third-order valence-corrected chi connectivity index (χ3v) is 5.04. The highest BCUT2D eigenvalue weighted by Crippen LogP contribution is 2.47. The van der Waals surface area contributed by atoms with E-state index in [9.17, 15) is 19.5 Å². The van der Waals surface area contributed by atoms with E-state index in [1.54, 1.807) is 0 Å². The molecular formula is C21H23N3O5. The molecule has 2 aromatic rings. The van der Waals surface area contributed by atoms with Crippen LogP contribution in [0.5, 0.6) is 0 Å². The van der Waals surface area contributed by atoms with Crippen LogP contribution in [0.4, 0.5) is 9.59 Å². The number of amides is 3. The van der Waals surface area contributed by atoms with Crippen LogP contribution in [0.3, 0.4) is 0 Å². The number of methoxy groups -OCH3 is 1. The van der Waals surface area contributed by atoms with E-state index >= 15 is 0 Å². The zero-order valence-corrected chi connectivity index (χ0v) is 16.0. The lowest BCUT2D eigenvalue weighted by molar-refractivity contribution is -0.143. The Kier molecular flexibility index (Phi) is 6.01. The van der Waals surface area contributed by atoms with Gasteiger partial charge in [0.15, 0.2) is 0 Å². The number of nitrogens with zero attached hydrogens (tertiary/aromatic N) is 1. The molecule has 0 bridgehead atoms. The fourth-order valence-electron chi connectivity index (χ4n) is 3.84. The molecule has 0 fully saturated rings. The average molecular weight is 397 g/mol. The van der Waals surface area contributed by atoms with Gasteiger partial charge in [0.05, 0.1) is 13.2 Å². The maximum Gasteiger partial charge on any atom is 0.411 e. The van der Waals surface area contributed by atoms with Gasteiger partial charge in [-0.3, -0.25) is 4.90 Å². The Balaban J connectivity index is 2.01. The Morgan fingerprint density at radius 3 is 2.14 bits per heavy atom. The number of carbonyl (C=O) groups is 3. The smallest absolute Gasteiger partial charge is 0.411 e. The molecule has 152 valence electrons. The van der Waals surface area contributed by atoms with E-state index in [1.165, 1.54) is 12.0 Å². The number of nitrogens with two attached hydrogens (primary N) is 1. The van der Waals surface area contributed by atoms with Gasteiger partial charge >= 0.3 is 18.1 Å². The number of nitrogens with one attached hydrogen (secondary N) is 1. The second kappa shape index (κ2) is 8.64. The predicted molar refractivity (Wildman–Crippen MR) is 106 cm³/mol. The molecule has 0 aromatic heterocycles. The minimum Gasteiger partial charge on any atom is -0.480 e. The monoisotopic (exact) mass is 397 g/mol. The van der Waals surface area contributed by atoms with Crippen LogP contribution in [0, 0.1) is 0 Å². The van der Waals surface area contributed by atoms with Gasteiger partial charge in [0, 0.05) is 6.54 Å². The summed E-state index contributed by atoms with van der Waals surface area (Å²) in [6.45, 7) is 0.214. The van der Waals surface area contributed by atoms with Crippen LogP contribution in [0.25, 0.3) is 11.1 Å². The van der Waals surface area contributed by atoms with Crippen LogP contribution in [-0.4, -0.2) is 47.8 Å². The van der Waals surface area contributed by atoms with Gasteiger partial charge in [-0.1, -0.05) is 48.5 Å². The number of hydrogen-bond acceptors (Lipinski definition) is 4. The summed E-state index contributed by atoms with van der Waals surface area (Å²) in [5, 5.41) is 12.3. The molecule has 3 rings (SSSR count). The lowest BCUT2D eigenvalue weighted by atomic mass is 10.00. The number of urea groups is 1. The number of carbonyl (C=O) groups excluding carboxylic acids is 2. The second-order valence-corrected chi connectivity index (χ2v) is 6.74. The van der Waals surface area contributed by atoms with E-state index in [0.29, 0.717) is 6.42 Å². The molecule has 0 saturated heterocycles. The predicted octanol–water partition coefficient (Wildman–Crippen LogP) is 2.73. The normalized spacial score (nSPS) is 13.1. The summed E-state index contributed by atoms with van der Waals surface area (Å²) in [4.78, 5) is 37.0. The molecule has 0 saturated carbocycles. The van der Waals surface area contributed by atoms with Crippen molar-refractivity contribution in [2.45, 2.75) is 24.9 Å². The summed E-state index contributed by atoms with van der Waals surface area (Å²) in [7, 11) is 1.23. The maximum atomic E-state index is 12.8. The largest absolute Gasteiger partial charge is 0.480 e. The van der Waals surface area contributed by atoms with Crippen LogP contribution in [0.15, 0.2) is 48.5 Å². The van der Waals surface area contributed by atoms with E-state index in [4.69, 9.17) is 10.5 Å². The summed E-state index contributed by atoms with van der Waals surface area (Å²) >= 11 is 0. The molecule has 0 radical (unpaired) electrons. The van der Waals surface area contributed by atoms with Gasteiger partial charge in [-0.25, -0.2) is 14.4 Å². The minimum atomic E-state index is -1.14. The molecule has 3 amide bonds. The van der Waals surface area contributed by atoms with Gasteiger partial charge in [0.25, 0.3) is 0 Å². The first-order valence-electron chi connectivity index (χ1n) is 9.26. The topological polar surface area (TPSA) is 122 Å². The van der Waals surface area contributed by atoms with Crippen LogP contribution >= 0.6 is 0 Å². The zero-order chi connectivity index (χ0) is 21.0. The van der Waals surface area contributed by atoms with Crippen molar-refractivity contribution in [3.8, 4) is 11.1 Å². The standard InChI is InChI=1S/C21H23N3O5/c1-29-21(28)24(17(19(25)26)11-6-12-23-20(22)27)18-15-9-4-2-7-13(15)14-8-3-5-10-16(14)18/h2-5,7-10,17-18H,6,11-12H2,1H3,(H,25,26)(H3,22,23,27)/t17-/m0/s1. The summed E-state index contributed by atoms with van der Waals surface area (Å²) in [5.41, 5.74) is 8.67. The molecule has 8 nitrogen and oxygen atoms in total. The van der Waals surface area contributed by atoms with Gasteiger partial charge in [0.2, 0.25) is 0 Å². The molecule has 2 aromatic carbocycles.